The maximum absolute atomic E-state index is 12.8. The smallest absolute Gasteiger partial charge is 0.204 e. The van der Waals surface area contributed by atoms with Gasteiger partial charge >= 0.3 is 0 Å². The van der Waals surface area contributed by atoms with Crippen LogP contribution in [0.4, 0.5) is 4.39 Å². The van der Waals surface area contributed by atoms with Crippen LogP contribution < -0.4 is 0 Å². The molecular weight excluding hydrogens is 263 g/mol. The van der Waals surface area contributed by atoms with Crippen LogP contribution in [0.2, 0.25) is 0 Å². The van der Waals surface area contributed by atoms with E-state index in [0.717, 1.165) is 12.0 Å². The number of benzene rings is 1. The van der Waals surface area contributed by atoms with Crippen LogP contribution in [-0.2, 0) is 15.3 Å². The van der Waals surface area contributed by atoms with Crippen molar-refractivity contribution in [2.75, 3.05) is 18.5 Å². The fraction of sp³-hybridized carbons (Fsp3) is 0.455. The molecule has 0 atom stereocenters. The molecule has 1 aliphatic rings. The predicted molar refractivity (Wildman–Crippen MR) is 58.4 cm³/mol. The van der Waals surface area contributed by atoms with Crippen molar-refractivity contribution in [1.29, 1.82) is 0 Å². The second-order valence-corrected chi connectivity index (χ2v) is 4.00. The lowest BCUT2D eigenvalue weighted by Gasteiger charge is -2.36. The fourth-order valence-electron chi connectivity index (χ4n) is 1.60. The average Bonchev–Trinajstić information content (AvgIpc) is 2.31. The number of rotatable bonds is 2. The van der Waals surface area contributed by atoms with E-state index in [1.165, 1.54) is 12.1 Å². The Morgan fingerprint density at radius 3 is 2.33 bits per heavy atom. The van der Waals surface area contributed by atoms with E-state index in [0.29, 0.717) is 18.5 Å². The first-order valence-electron chi connectivity index (χ1n) is 4.87. The molecule has 4 heteroatoms. The Balaban J connectivity index is 2.28. The van der Waals surface area contributed by atoms with Gasteiger partial charge in [-0.25, -0.2) is 4.39 Å². The zero-order chi connectivity index (χ0) is 10.7. The van der Waals surface area contributed by atoms with Crippen LogP contribution in [0.3, 0.4) is 0 Å². The quantitative estimate of drug-likeness (QED) is 0.773. The Kier molecular flexibility index (Phi) is 3.38. The summed E-state index contributed by atoms with van der Waals surface area (Å²) in [4.78, 5) is 0. The fourth-order valence-corrected chi connectivity index (χ4v) is 2.25. The Morgan fingerprint density at radius 2 is 1.80 bits per heavy atom. The van der Waals surface area contributed by atoms with Crippen molar-refractivity contribution >= 4 is 15.9 Å². The molecule has 1 aromatic carbocycles. The van der Waals surface area contributed by atoms with Gasteiger partial charge in [0.05, 0.1) is 18.5 Å². The molecule has 0 radical (unpaired) electrons. The summed E-state index contributed by atoms with van der Waals surface area (Å²) in [7, 11) is 0. The summed E-state index contributed by atoms with van der Waals surface area (Å²) in [5.74, 6) is -0.995. The average molecular weight is 275 g/mol. The molecule has 1 aliphatic heterocycles. The van der Waals surface area contributed by atoms with E-state index in [-0.39, 0.29) is 5.82 Å². The molecule has 0 amide bonds. The van der Waals surface area contributed by atoms with Gasteiger partial charge < -0.3 is 9.47 Å². The van der Waals surface area contributed by atoms with Gasteiger partial charge in [-0.1, -0.05) is 28.1 Å². The maximum atomic E-state index is 12.8. The Hall–Kier alpha value is -0.450. The van der Waals surface area contributed by atoms with Gasteiger partial charge in [0.1, 0.15) is 5.82 Å². The molecule has 0 unspecified atom stereocenters. The summed E-state index contributed by atoms with van der Waals surface area (Å²) in [5.41, 5.74) is 0.848. The van der Waals surface area contributed by atoms with E-state index in [4.69, 9.17) is 9.47 Å². The zero-order valence-electron chi connectivity index (χ0n) is 8.21. The summed E-state index contributed by atoms with van der Waals surface area (Å²) in [5, 5.41) is 0.547. The molecule has 2 nitrogen and oxygen atoms in total. The lowest BCUT2D eigenvalue weighted by atomic mass is 10.1. The molecular formula is C11H12BrFO2. The second-order valence-electron chi connectivity index (χ2n) is 3.44. The lowest BCUT2D eigenvalue weighted by Crippen LogP contribution is -2.39. The summed E-state index contributed by atoms with van der Waals surface area (Å²) in [6.07, 6.45) is 0.899. The van der Waals surface area contributed by atoms with Crippen LogP contribution >= 0.6 is 15.9 Å². The highest BCUT2D eigenvalue weighted by atomic mass is 79.9. The molecule has 0 bridgehead atoms. The highest BCUT2D eigenvalue weighted by molar-refractivity contribution is 9.09. The van der Waals surface area contributed by atoms with Gasteiger partial charge in [0.2, 0.25) is 5.79 Å². The molecule has 0 spiro atoms. The van der Waals surface area contributed by atoms with Crippen molar-refractivity contribution in [2.45, 2.75) is 12.2 Å². The third-order valence-corrected chi connectivity index (χ3v) is 3.16. The van der Waals surface area contributed by atoms with E-state index in [2.05, 4.69) is 15.9 Å². The molecule has 15 heavy (non-hydrogen) atoms. The van der Waals surface area contributed by atoms with Gasteiger partial charge in [0.15, 0.2) is 0 Å². The molecule has 1 fully saturated rings. The van der Waals surface area contributed by atoms with Crippen LogP contribution in [0.25, 0.3) is 0 Å². The van der Waals surface area contributed by atoms with Crippen molar-refractivity contribution in [2.24, 2.45) is 0 Å². The van der Waals surface area contributed by atoms with E-state index >= 15 is 0 Å². The largest absolute Gasteiger partial charge is 0.345 e. The molecule has 0 aromatic heterocycles. The summed E-state index contributed by atoms with van der Waals surface area (Å²) in [6.45, 7) is 1.34. The lowest BCUT2D eigenvalue weighted by molar-refractivity contribution is -0.260. The predicted octanol–water partition coefficient (Wildman–Crippen LogP) is 2.81. The third-order valence-electron chi connectivity index (χ3n) is 2.42. The highest BCUT2D eigenvalue weighted by Crippen LogP contribution is 2.32. The summed E-state index contributed by atoms with van der Waals surface area (Å²) < 4.78 is 24.1. The van der Waals surface area contributed by atoms with Gasteiger partial charge in [-0.3, -0.25) is 0 Å². The standard InChI is InChI=1S/C11H12BrFO2/c12-8-11(14-6-1-7-15-11)9-2-4-10(13)5-3-9/h2-5H,1,6-8H2. The first-order chi connectivity index (χ1) is 7.27. The SMILES string of the molecule is Fc1ccc(C2(CBr)OCCCO2)cc1. The van der Waals surface area contributed by atoms with Gasteiger partial charge in [-0.05, 0) is 18.6 Å². The van der Waals surface area contributed by atoms with Crippen molar-refractivity contribution in [3.05, 3.63) is 35.6 Å². The van der Waals surface area contributed by atoms with E-state index in [9.17, 15) is 4.39 Å². The molecule has 1 saturated heterocycles. The first kappa shape index (κ1) is 11.0. The van der Waals surface area contributed by atoms with Gasteiger partial charge in [-0.15, -0.1) is 0 Å². The second kappa shape index (κ2) is 4.60. The van der Waals surface area contributed by atoms with Crippen molar-refractivity contribution in [3.63, 3.8) is 0 Å². The van der Waals surface area contributed by atoms with E-state index in [1.54, 1.807) is 12.1 Å². The zero-order valence-corrected chi connectivity index (χ0v) is 9.80. The molecule has 1 aromatic rings. The summed E-state index contributed by atoms with van der Waals surface area (Å²) >= 11 is 3.38. The van der Waals surface area contributed by atoms with Crippen LogP contribution in [0, 0.1) is 5.82 Å². The van der Waals surface area contributed by atoms with Gasteiger partial charge in [0, 0.05) is 5.56 Å². The normalized spacial score (nSPS) is 20.1. The van der Waals surface area contributed by atoms with Crippen LogP contribution in [-0.4, -0.2) is 18.5 Å². The minimum Gasteiger partial charge on any atom is -0.345 e. The maximum Gasteiger partial charge on any atom is 0.204 e. The molecule has 0 aliphatic carbocycles. The first-order valence-corrected chi connectivity index (χ1v) is 5.99. The number of alkyl halides is 1. The van der Waals surface area contributed by atoms with Crippen LogP contribution in [0.15, 0.2) is 24.3 Å². The molecule has 82 valence electrons. The topological polar surface area (TPSA) is 18.5 Å². The minimum absolute atomic E-state index is 0.251. The van der Waals surface area contributed by atoms with Crippen LogP contribution in [0.5, 0.6) is 0 Å². The molecule has 0 saturated carbocycles. The summed E-state index contributed by atoms with van der Waals surface area (Å²) in [6, 6.07) is 6.23. The monoisotopic (exact) mass is 274 g/mol. The van der Waals surface area contributed by atoms with Crippen molar-refractivity contribution in [3.8, 4) is 0 Å². The highest BCUT2D eigenvalue weighted by Gasteiger charge is 2.35. The Labute approximate surface area is 96.5 Å². The van der Waals surface area contributed by atoms with Crippen LogP contribution in [0.1, 0.15) is 12.0 Å². The number of halogens is 2. The van der Waals surface area contributed by atoms with Gasteiger partial charge in [0.25, 0.3) is 0 Å². The van der Waals surface area contributed by atoms with Crippen molar-refractivity contribution < 1.29 is 13.9 Å². The number of ether oxygens (including phenoxy) is 2. The van der Waals surface area contributed by atoms with E-state index < -0.39 is 5.79 Å². The minimum atomic E-state index is -0.744. The number of hydrogen-bond acceptors (Lipinski definition) is 2. The molecule has 2 rings (SSSR count). The van der Waals surface area contributed by atoms with Crippen molar-refractivity contribution in [1.82, 2.24) is 0 Å². The Bertz CT molecular complexity index is 320. The van der Waals surface area contributed by atoms with E-state index in [1.807, 2.05) is 0 Å². The number of hydrogen-bond donors (Lipinski definition) is 0. The molecule has 0 N–H and O–H groups in total. The Morgan fingerprint density at radius 1 is 1.20 bits per heavy atom. The third kappa shape index (κ3) is 2.22. The molecule has 1 heterocycles. The van der Waals surface area contributed by atoms with Gasteiger partial charge in [-0.2, -0.15) is 0 Å².